The topological polar surface area (TPSA) is 114 Å². The Hall–Kier alpha value is -2.44. The highest BCUT2D eigenvalue weighted by Crippen LogP contribution is 2.22. The predicted octanol–water partition coefficient (Wildman–Crippen LogP) is 1.87. The predicted molar refractivity (Wildman–Crippen MR) is 79.2 cm³/mol. The molecule has 0 aliphatic heterocycles. The van der Waals surface area contributed by atoms with E-state index in [0.717, 1.165) is 0 Å². The zero-order valence-electron chi connectivity index (χ0n) is 11.2. The van der Waals surface area contributed by atoms with E-state index >= 15 is 0 Å². The van der Waals surface area contributed by atoms with Crippen molar-refractivity contribution in [1.82, 2.24) is 9.78 Å². The highest BCUT2D eigenvalue weighted by molar-refractivity contribution is 9.10. The molecular weight excluding hydrogens is 356 g/mol. The van der Waals surface area contributed by atoms with Gasteiger partial charge in [0, 0.05) is 0 Å². The van der Waals surface area contributed by atoms with E-state index in [4.69, 9.17) is 10.00 Å². The zero-order valence-corrected chi connectivity index (χ0v) is 12.8. The monoisotopic (exact) mass is 366 g/mol. The molecule has 0 aliphatic rings. The molecule has 1 unspecified atom stereocenters. The quantitative estimate of drug-likeness (QED) is 0.616. The molecule has 1 heterocycles. The summed E-state index contributed by atoms with van der Waals surface area (Å²) >= 11 is 3.03. The number of ether oxygens (including phenoxy) is 1. The Labute approximate surface area is 133 Å². The van der Waals surface area contributed by atoms with Gasteiger partial charge in [-0.2, -0.15) is 9.94 Å². The fraction of sp³-hybridized carbons (Fsp3) is 0.231. The number of nitriles is 1. The second-order valence-electron chi connectivity index (χ2n) is 4.38. The first-order chi connectivity index (χ1) is 10.5. The summed E-state index contributed by atoms with van der Waals surface area (Å²) in [6.45, 7) is 0.0555. The van der Waals surface area contributed by atoms with Gasteiger partial charge in [0.25, 0.3) is 0 Å². The van der Waals surface area contributed by atoms with Gasteiger partial charge in [-0.05, 0) is 45.1 Å². The first-order valence-corrected chi connectivity index (χ1v) is 6.97. The first kappa shape index (κ1) is 15.9. The molecule has 2 aromatic rings. The fourth-order valence-electron chi connectivity index (χ4n) is 1.69. The van der Waals surface area contributed by atoms with E-state index < -0.39 is 11.0 Å². The minimum atomic E-state index is -0.887. The Bertz CT molecular complexity index is 708. The molecule has 0 bridgehead atoms. The third-order valence-electron chi connectivity index (χ3n) is 2.70. The molecule has 114 valence electrons. The van der Waals surface area contributed by atoms with Crippen molar-refractivity contribution in [1.29, 1.82) is 5.26 Å². The fourth-order valence-corrected chi connectivity index (χ4v) is 2.15. The minimum Gasteiger partial charge on any atom is -0.491 e. The van der Waals surface area contributed by atoms with Crippen LogP contribution in [0.2, 0.25) is 0 Å². The Balaban J connectivity index is 1.90. The van der Waals surface area contributed by atoms with Gasteiger partial charge >= 0.3 is 5.82 Å². The molecule has 1 aromatic heterocycles. The summed E-state index contributed by atoms with van der Waals surface area (Å²) in [5, 5.41) is 33.0. The third kappa shape index (κ3) is 4.03. The molecule has 0 saturated carbocycles. The molecule has 22 heavy (non-hydrogen) atoms. The van der Waals surface area contributed by atoms with Gasteiger partial charge in [-0.15, -0.1) is 0 Å². The van der Waals surface area contributed by atoms with Gasteiger partial charge in [0.15, 0.2) is 0 Å². The summed E-state index contributed by atoms with van der Waals surface area (Å²) < 4.78 is 6.90. The lowest BCUT2D eigenvalue weighted by atomic mass is 10.2. The summed E-state index contributed by atoms with van der Waals surface area (Å²) in [4.78, 5) is 10.1. The van der Waals surface area contributed by atoms with E-state index in [9.17, 15) is 15.2 Å². The van der Waals surface area contributed by atoms with Crippen molar-refractivity contribution in [3.63, 3.8) is 0 Å². The number of rotatable bonds is 6. The van der Waals surface area contributed by atoms with Crippen LogP contribution in [0.1, 0.15) is 5.56 Å². The molecule has 2 rings (SSSR count). The molecule has 0 aliphatic carbocycles. The Morgan fingerprint density at radius 2 is 2.18 bits per heavy atom. The number of nitrogens with zero attached hydrogens (tertiary/aromatic N) is 4. The smallest absolute Gasteiger partial charge is 0.404 e. The molecule has 0 fully saturated rings. The van der Waals surface area contributed by atoms with Crippen molar-refractivity contribution in [2.75, 3.05) is 6.61 Å². The lowest BCUT2D eigenvalue weighted by Gasteiger charge is -2.11. The van der Waals surface area contributed by atoms with E-state index in [2.05, 4.69) is 21.0 Å². The molecule has 0 amide bonds. The van der Waals surface area contributed by atoms with Crippen LogP contribution in [0.25, 0.3) is 0 Å². The largest absolute Gasteiger partial charge is 0.491 e. The second-order valence-corrected chi connectivity index (χ2v) is 5.24. The van der Waals surface area contributed by atoms with Gasteiger partial charge < -0.3 is 20.0 Å². The van der Waals surface area contributed by atoms with Crippen LogP contribution in [0, 0.1) is 21.4 Å². The van der Waals surface area contributed by atoms with Gasteiger partial charge in [0.2, 0.25) is 0 Å². The van der Waals surface area contributed by atoms with Crippen molar-refractivity contribution in [2.24, 2.45) is 0 Å². The van der Waals surface area contributed by atoms with Gasteiger partial charge in [0.05, 0.1) is 29.5 Å². The van der Waals surface area contributed by atoms with E-state index in [0.29, 0.717) is 11.3 Å². The average molecular weight is 367 g/mol. The summed E-state index contributed by atoms with van der Waals surface area (Å²) in [6.07, 6.45) is 0.533. The lowest BCUT2D eigenvalue weighted by Crippen LogP contribution is -2.23. The van der Waals surface area contributed by atoms with E-state index in [1.54, 1.807) is 24.3 Å². The number of nitro groups is 1. The van der Waals surface area contributed by atoms with Gasteiger partial charge in [-0.1, -0.05) is 0 Å². The maximum atomic E-state index is 10.7. The van der Waals surface area contributed by atoms with Gasteiger partial charge in [-0.3, -0.25) is 0 Å². The van der Waals surface area contributed by atoms with Crippen LogP contribution in [0.15, 0.2) is 34.9 Å². The first-order valence-electron chi connectivity index (χ1n) is 6.18. The van der Waals surface area contributed by atoms with Crippen molar-refractivity contribution in [3.05, 3.63) is 50.6 Å². The van der Waals surface area contributed by atoms with Crippen molar-refractivity contribution in [3.8, 4) is 11.8 Å². The summed E-state index contributed by atoms with van der Waals surface area (Å²) in [5.41, 5.74) is 0.515. The molecule has 0 saturated heterocycles. The SMILES string of the molecule is N#Cc1ccc(OCC(O)Cn2cc(Br)c([N+](=O)[O-])n2)cc1. The molecule has 1 atom stereocenters. The molecule has 0 spiro atoms. The molecule has 8 nitrogen and oxygen atoms in total. The number of aliphatic hydroxyl groups is 1. The van der Waals surface area contributed by atoms with Crippen LogP contribution in [0.5, 0.6) is 5.75 Å². The van der Waals surface area contributed by atoms with Crippen LogP contribution in [-0.4, -0.2) is 32.5 Å². The Morgan fingerprint density at radius 3 is 2.73 bits per heavy atom. The molecule has 1 aromatic carbocycles. The van der Waals surface area contributed by atoms with Crippen molar-refractivity contribution in [2.45, 2.75) is 12.6 Å². The van der Waals surface area contributed by atoms with Crippen molar-refractivity contribution >= 4 is 21.7 Å². The molecule has 0 radical (unpaired) electrons. The van der Waals surface area contributed by atoms with Crippen molar-refractivity contribution < 1.29 is 14.8 Å². The average Bonchev–Trinajstić information content (AvgIpc) is 2.86. The maximum Gasteiger partial charge on any atom is 0.404 e. The normalized spacial score (nSPS) is 11.7. The van der Waals surface area contributed by atoms with Crippen LogP contribution < -0.4 is 4.74 Å². The van der Waals surface area contributed by atoms with E-state index in [1.165, 1.54) is 10.9 Å². The van der Waals surface area contributed by atoms with Gasteiger partial charge in [-0.25, -0.2) is 0 Å². The van der Waals surface area contributed by atoms with Crippen LogP contribution in [0.3, 0.4) is 0 Å². The summed E-state index contributed by atoms with van der Waals surface area (Å²) in [5.74, 6) is 0.214. The van der Waals surface area contributed by atoms with E-state index in [1.807, 2.05) is 6.07 Å². The number of aliphatic hydroxyl groups excluding tert-OH is 1. The number of benzene rings is 1. The Morgan fingerprint density at radius 1 is 1.50 bits per heavy atom. The minimum absolute atomic E-state index is 0.00280. The summed E-state index contributed by atoms with van der Waals surface area (Å²) in [6, 6.07) is 8.46. The summed E-state index contributed by atoms with van der Waals surface area (Å²) in [7, 11) is 0. The van der Waals surface area contributed by atoms with Crippen LogP contribution >= 0.6 is 15.9 Å². The standard InChI is InChI=1S/C13H11BrN4O4/c14-12-7-17(16-13(12)18(20)21)6-10(19)8-22-11-3-1-9(5-15)2-4-11/h1-4,7,10,19H,6,8H2. The van der Waals surface area contributed by atoms with Crippen LogP contribution in [-0.2, 0) is 6.54 Å². The zero-order chi connectivity index (χ0) is 16.1. The Kier molecular flexibility index (Phi) is 5.08. The van der Waals surface area contributed by atoms with Gasteiger partial charge in [0.1, 0.15) is 22.9 Å². The number of halogens is 1. The molecule has 9 heteroatoms. The number of hydrogen-bond donors (Lipinski definition) is 1. The highest BCUT2D eigenvalue weighted by Gasteiger charge is 2.20. The lowest BCUT2D eigenvalue weighted by molar-refractivity contribution is -0.390. The molecular formula is C13H11BrN4O4. The van der Waals surface area contributed by atoms with Crippen LogP contribution in [0.4, 0.5) is 5.82 Å². The van der Waals surface area contributed by atoms with E-state index in [-0.39, 0.29) is 23.4 Å². The highest BCUT2D eigenvalue weighted by atomic mass is 79.9. The maximum absolute atomic E-state index is 10.7. The third-order valence-corrected chi connectivity index (χ3v) is 3.26. The number of hydrogen-bond acceptors (Lipinski definition) is 6. The second kappa shape index (κ2) is 7.02. The molecule has 1 N–H and O–H groups in total. The number of aromatic nitrogens is 2.